The molecule has 3 rings (SSSR count). The molecule has 0 aliphatic heterocycles. The molecule has 20 heavy (non-hydrogen) atoms. The van der Waals surface area contributed by atoms with Crippen molar-refractivity contribution in [1.82, 2.24) is 4.98 Å². The van der Waals surface area contributed by atoms with Crippen molar-refractivity contribution < 1.29 is 4.79 Å². The minimum atomic E-state index is 0.0783. The van der Waals surface area contributed by atoms with Gasteiger partial charge in [-0.05, 0) is 10.9 Å². The number of pyridine rings is 1. The Kier molecular flexibility index (Phi) is 3.30. The van der Waals surface area contributed by atoms with Crippen molar-refractivity contribution in [1.29, 1.82) is 0 Å². The Hall–Kier alpha value is -2.48. The normalized spacial score (nSPS) is 10.7. The van der Waals surface area contributed by atoms with Crippen molar-refractivity contribution in [3.05, 3.63) is 66.5 Å². The Morgan fingerprint density at radius 3 is 2.45 bits per heavy atom. The van der Waals surface area contributed by atoms with E-state index in [9.17, 15) is 4.79 Å². The smallest absolute Gasteiger partial charge is 0.181 e. The number of hydrogen-bond donors (Lipinski definition) is 0. The van der Waals surface area contributed by atoms with E-state index in [0.717, 1.165) is 21.9 Å². The van der Waals surface area contributed by atoms with E-state index in [1.807, 2.05) is 61.5 Å². The molecular weight excluding hydrogens is 246 g/mol. The first-order valence-corrected chi connectivity index (χ1v) is 6.77. The maximum atomic E-state index is 12.2. The lowest BCUT2D eigenvalue weighted by Crippen LogP contribution is -2.03. The van der Waals surface area contributed by atoms with Gasteiger partial charge in [0.2, 0.25) is 0 Å². The van der Waals surface area contributed by atoms with E-state index in [1.165, 1.54) is 0 Å². The molecule has 2 aromatic carbocycles. The van der Waals surface area contributed by atoms with Crippen LogP contribution in [0, 0.1) is 0 Å². The van der Waals surface area contributed by atoms with E-state index >= 15 is 0 Å². The topological polar surface area (TPSA) is 30.0 Å². The van der Waals surface area contributed by atoms with Gasteiger partial charge < -0.3 is 0 Å². The van der Waals surface area contributed by atoms with Gasteiger partial charge in [0, 0.05) is 23.6 Å². The molecule has 0 saturated carbocycles. The minimum Gasteiger partial charge on any atom is -0.292 e. The van der Waals surface area contributed by atoms with Crippen molar-refractivity contribution in [2.45, 2.75) is 13.3 Å². The summed E-state index contributed by atoms with van der Waals surface area (Å²) in [4.78, 5) is 16.6. The van der Waals surface area contributed by atoms with Crippen molar-refractivity contribution in [2.24, 2.45) is 0 Å². The molecule has 3 aromatic rings. The van der Waals surface area contributed by atoms with Crippen LogP contribution in [0.3, 0.4) is 0 Å². The molecule has 0 spiro atoms. The van der Waals surface area contributed by atoms with Gasteiger partial charge in [-0.1, -0.05) is 61.5 Å². The molecular formula is C18H15NO. The fraction of sp³-hybridized carbons (Fsp3) is 0.111. The maximum absolute atomic E-state index is 12.2. The Morgan fingerprint density at radius 2 is 1.70 bits per heavy atom. The average molecular weight is 261 g/mol. The van der Waals surface area contributed by atoms with Crippen LogP contribution < -0.4 is 0 Å². The molecule has 0 unspecified atom stereocenters. The van der Waals surface area contributed by atoms with E-state index in [1.54, 1.807) is 6.20 Å². The van der Waals surface area contributed by atoms with Crippen LogP contribution in [0.15, 0.2) is 60.8 Å². The first-order chi connectivity index (χ1) is 9.81. The van der Waals surface area contributed by atoms with Gasteiger partial charge in [0.25, 0.3) is 0 Å². The summed E-state index contributed by atoms with van der Waals surface area (Å²) in [6.45, 7) is 1.87. The highest BCUT2D eigenvalue weighted by atomic mass is 16.1. The molecule has 0 aliphatic rings. The summed E-state index contributed by atoms with van der Waals surface area (Å²) >= 11 is 0. The number of nitrogens with zero attached hydrogens (tertiary/aromatic N) is 1. The number of hydrogen-bond acceptors (Lipinski definition) is 2. The SMILES string of the molecule is CCC(=O)c1ncc2ccccc2c1-c1ccccc1. The summed E-state index contributed by atoms with van der Waals surface area (Å²) in [6.07, 6.45) is 2.25. The molecule has 1 aromatic heterocycles. The zero-order chi connectivity index (χ0) is 13.9. The number of rotatable bonds is 3. The Balaban J connectivity index is 2.38. The third-order valence-electron chi connectivity index (χ3n) is 3.45. The monoisotopic (exact) mass is 261 g/mol. The van der Waals surface area contributed by atoms with Crippen LogP contribution >= 0.6 is 0 Å². The summed E-state index contributed by atoms with van der Waals surface area (Å²) in [7, 11) is 0. The second kappa shape index (κ2) is 5.25. The summed E-state index contributed by atoms with van der Waals surface area (Å²) in [6, 6.07) is 18.0. The lowest BCUT2D eigenvalue weighted by atomic mass is 9.95. The van der Waals surface area contributed by atoms with Crippen molar-refractivity contribution in [3.8, 4) is 11.1 Å². The predicted octanol–water partition coefficient (Wildman–Crippen LogP) is 4.49. The molecule has 2 nitrogen and oxygen atoms in total. The van der Waals surface area contributed by atoms with Crippen molar-refractivity contribution in [3.63, 3.8) is 0 Å². The number of ketones is 1. The number of carbonyl (C=O) groups is 1. The van der Waals surface area contributed by atoms with Crippen LogP contribution in [0.1, 0.15) is 23.8 Å². The molecule has 2 heteroatoms. The quantitative estimate of drug-likeness (QED) is 0.650. The molecule has 0 saturated heterocycles. The number of fused-ring (bicyclic) bond motifs is 1. The zero-order valence-corrected chi connectivity index (χ0v) is 11.3. The third-order valence-corrected chi connectivity index (χ3v) is 3.45. The minimum absolute atomic E-state index is 0.0783. The van der Waals surface area contributed by atoms with E-state index < -0.39 is 0 Å². The molecule has 98 valence electrons. The van der Waals surface area contributed by atoms with E-state index in [-0.39, 0.29) is 5.78 Å². The van der Waals surface area contributed by atoms with Crippen LogP contribution in [-0.4, -0.2) is 10.8 Å². The first kappa shape index (κ1) is 12.5. The van der Waals surface area contributed by atoms with Crippen molar-refractivity contribution in [2.75, 3.05) is 0 Å². The van der Waals surface area contributed by atoms with Crippen LogP contribution in [0.2, 0.25) is 0 Å². The Labute approximate surface area is 118 Å². The highest BCUT2D eigenvalue weighted by Crippen LogP contribution is 2.31. The molecule has 0 radical (unpaired) electrons. The highest BCUT2D eigenvalue weighted by Gasteiger charge is 2.15. The number of aromatic nitrogens is 1. The summed E-state index contributed by atoms with van der Waals surface area (Å²) < 4.78 is 0. The van der Waals surface area contributed by atoms with Gasteiger partial charge in [0.15, 0.2) is 5.78 Å². The molecule has 0 aliphatic carbocycles. The second-order valence-electron chi connectivity index (χ2n) is 4.71. The van der Waals surface area contributed by atoms with E-state index in [0.29, 0.717) is 12.1 Å². The van der Waals surface area contributed by atoms with E-state index in [2.05, 4.69) is 4.98 Å². The lowest BCUT2D eigenvalue weighted by molar-refractivity contribution is 0.0984. The Bertz CT molecular complexity index is 763. The van der Waals surface area contributed by atoms with Crippen LogP contribution in [0.5, 0.6) is 0 Å². The lowest BCUT2D eigenvalue weighted by Gasteiger charge is -2.11. The molecule has 1 heterocycles. The molecule has 0 fully saturated rings. The van der Waals surface area contributed by atoms with Gasteiger partial charge in [-0.2, -0.15) is 0 Å². The first-order valence-electron chi connectivity index (χ1n) is 6.77. The number of benzene rings is 2. The van der Waals surface area contributed by atoms with Crippen molar-refractivity contribution >= 4 is 16.6 Å². The fourth-order valence-corrected chi connectivity index (χ4v) is 2.44. The molecule has 0 amide bonds. The van der Waals surface area contributed by atoms with Gasteiger partial charge in [0.1, 0.15) is 5.69 Å². The Morgan fingerprint density at radius 1 is 1.00 bits per heavy atom. The molecule has 0 N–H and O–H groups in total. The highest BCUT2D eigenvalue weighted by molar-refractivity contribution is 6.08. The maximum Gasteiger partial charge on any atom is 0.181 e. The van der Waals surface area contributed by atoms with Gasteiger partial charge in [-0.25, -0.2) is 0 Å². The van der Waals surface area contributed by atoms with Crippen LogP contribution in [-0.2, 0) is 0 Å². The van der Waals surface area contributed by atoms with Gasteiger partial charge in [0.05, 0.1) is 0 Å². The average Bonchev–Trinajstić information content (AvgIpc) is 2.53. The second-order valence-corrected chi connectivity index (χ2v) is 4.71. The number of carbonyl (C=O) groups excluding carboxylic acids is 1. The third kappa shape index (κ3) is 2.10. The van der Waals surface area contributed by atoms with Gasteiger partial charge in [-0.3, -0.25) is 9.78 Å². The summed E-state index contributed by atoms with van der Waals surface area (Å²) in [5.74, 6) is 0.0783. The van der Waals surface area contributed by atoms with Crippen LogP contribution in [0.25, 0.3) is 21.9 Å². The van der Waals surface area contributed by atoms with E-state index in [4.69, 9.17) is 0 Å². The zero-order valence-electron chi connectivity index (χ0n) is 11.3. The van der Waals surface area contributed by atoms with Gasteiger partial charge >= 0.3 is 0 Å². The molecule has 0 bridgehead atoms. The predicted molar refractivity (Wildman–Crippen MR) is 81.8 cm³/mol. The summed E-state index contributed by atoms with van der Waals surface area (Å²) in [5.41, 5.74) is 2.54. The van der Waals surface area contributed by atoms with Gasteiger partial charge in [-0.15, -0.1) is 0 Å². The summed E-state index contributed by atoms with van der Waals surface area (Å²) in [5, 5.41) is 2.13. The molecule has 0 atom stereocenters. The van der Waals surface area contributed by atoms with Crippen LogP contribution in [0.4, 0.5) is 0 Å². The standard InChI is InChI=1S/C18H15NO/c1-2-16(20)18-17(13-8-4-3-5-9-13)15-11-7-6-10-14(15)12-19-18/h3-12H,2H2,1H3. The fourth-order valence-electron chi connectivity index (χ4n) is 2.44. The number of Topliss-reactive ketones (excluding diaryl/α,β-unsaturated/α-hetero) is 1. The largest absolute Gasteiger partial charge is 0.292 e.